The highest BCUT2D eigenvalue weighted by atomic mass is 32.2. The van der Waals surface area contributed by atoms with Gasteiger partial charge in [-0.15, -0.1) is 0 Å². The average molecular weight is 586 g/mol. The zero-order valence-corrected chi connectivity index (χ0v) is 25.2. The molecule has 0 saturated carbocycles. The SMILES string of the molecule is CCOC(=O)[C@H]1C[C@H](C)CCN1C(=O)[C@H](CCCN=C(N)N)NS(=O)(=O)c1cccc(C(C)(C)c2ccccc2)c1. The van der Waals surface area contributed by atoms with Crippen LogP contribution in [0.25, 0.3) is 0 Å². The lowest BCUT2D eigenvalue weighted by atomic mass is 9.78. The number of sulfonamides is 1. The summed E-state index contributed by atoms with van der Waals surface area (Å²) in [7, 11) is -4.12. The molecule has 0 aliphatic carbocycles. The molecule has 10 nitrogen and oxygen atoms in total. The Labute approximate surface area is 243 Å². The van der Waals surface area contributed by atoms with Crippen LogP contribution in [0.4, 0.5) is 0 Å². The maximum absolute atomic E-state index is 13.9. The van der Waals surface area contributed by atoms with Gasteiger partial charge >= 0.3 is 5.97 Å². The van der Waals surface area contributed by atoms with Crippen molar-refractivity contribution in [2.75, 3.05) is 19.7 Å². The number of nitrogens with zero attached hydrogens (tertiary/aromatic N) is 2. The first-order valence-corrected chi connectivity index (χ1v) is 15.6. The van der Waals surface area contributed by atoms with Crippen molar-refractivity contribution < 1.29 is 22.7 Å². The second-order valence-corrected chi connectivity index (χ2v) is 12.8. The number of esters is 1. The van der Waals surface area contributed by atoms with Gasteiger partial charge in [-0.25, -0.2) is 13.2 Å². The van der Waals surface area contributed by atoms with E-state index in [0.29, 0.717) is 25.8 Å². The number of nitrogens with one attached hydrogen (secondary N) is 1. The summed E-state index contributed by atoms with van der Waals surface area (Å²) >= 11 is 0. The maximum Gasteiger partial charge on any atom is 0.328 e. The molecule has 3 rings (SSSR count). The zero-order chi connectivity index (χ0) is 30.2. The fourth-order valence-electron chi connectivity index (χ4n) is 5.13. The third-order valence-corrected chi connectivity index (χ3v) is 9.08. The molecule has 0 bridgehead atoms. The van der Waals surface area contributed by atoms with Crippen LogP contribution >= 0.6 is 0 Å². The molecule has 41 heavy (non-hydrogen) atoms. The van der Waals surface area contributed by atoms with Gasteiger partial charge < -0.3 is 21.1 Å². The van der Waals surface area contributed by atoms with Crippen molar-refractivity contribution in [2.45, 2.75) is 75.8 Å². The summed E-state index contributed by atoms with van der Waals surface area (Å²) < 4.78 is 35.3. The monoisotopic (exact) mass is 585 g/mol. The number of hydrogen-bond acceptors (Lipinski definition) is 6. The molecule has 1 aliphatic rings. The summed E-state index contributed by atoms with van der Waals surface area (Å²) in [5, 5.41) is 0. The summed E-state index contributed by atoms with van der Waals surface area (Å²) in [6, 6.07) is 14.7. The van der Waals surface area contributed by atoms with Crippen molar-refractivity contribution in [3.8, 4) is 0 Å². The van der Waals surface area contributed by atoms with E-state index in [2.05, 4.69) is 9.71 Å². The Balaban J connectivity index is 1.91. The minimum absolute atomic E-state index is 0.0511. The van der Waals surface area contributed by atoms with Crippen LogP contribution in [-0.2, 0) is 29.8 Å². The van der Waals surface area contributed by atoms with Gasteiger partial charge in [0.15, 0.2) is 5.96 Å². The highest BCUT2D eigenvalue weighted by molar-refractivity contribution is 7.89. The van der Waals surface area contributed by atoms with E-state index in [9.17, 15) is 18.0 Å². The number of aliphatic imine (C=N–C) groups is 1. The number of nitrogens with two attached hydrogens (primary N) is 2. The summed E-state index contributed by atoms with van der Waals surface area (Å²) in [5.41, 5.74) is 12.3. The predicted molar refractivity (Wildman–Crippen MR) is 160 cm³/mol. The lowest BCUT2D eigenvalue weighted by Crippen LogP contribution is -2.56. The number of carbonyl (C=O) groups excluding carboxylic acids is 2. The van der Waals surface area contributed by atoms with Crippen LogP contribution in [0.5, 0.6) is 0 Å². The van der Waals surface area contributed by atoms with E-state index >= 15 is 0 Å². The van der Waals surface area contributed by atoms with Crippen LogP contribution in [0.15, 0.2) is 64.5 Å². The van der Waals surface area contributed by atoms with Crippen LogP contribution in [-0.4, -0.2) is 62.9 Å². The van der Waals surface area contributed by atoms with Crippen molar-refractivity contribution in [1.29, 1.82) is 0 Å². The zero-order valence-electron chi connectivity index (χ0n) is 24.4. The second-order valence-electron chi connectivity index (χ2n) is 11.1. The van der Waals surface area contributed by atoms with E-state index < -0.39 is 39.4 Å². The summed E-state index contributed by atoms with van der Waals surface area (Å²) in [6.45, 7) is 8.55. The largest absolute Gasteiger partial charge is 0.464 e. The van der Waals surface area contributed by atoms with Crippen LogP contribution < -0.4 is 16.2 Å². The Morgan fingerprint density at radius 1 is 1.12 bits per heavy atom. The molecule has 1 amide bonds. The van der Waals surface area contributed by atoms with E-state index in [1.165, 1.54) is 11.0 Å². The lowest BCUT2D eigenvalue weighted by Gasteiger charge is -2.38. The first-order chi connectivity index (χ1) is 19.4. The summed E-state index contributed by atoms with van der Waals surface area (Å²) in [5.74, 6) is -0.811. The molecule has 2 aromatic rings. The molecule has 3 atom stereocenters. The molecule has 11 heteroatoms. The minimum Gasteiger partial charge on any atom is -0.464 e. The van der Waals surface area contributed by atoms with Crippen LogP contribution in [0.2, 0.25) is 0 Å². The topological polar surface area (TPSA) is 157 Å². The van der Waals surface area contributed by atoms with Crippen LogP contribution in [0, 0.1) is 5.92 Å². The third-order valence-electron chi connectivity index (χ3n) is 7.61. The van der Waals surface area contributed by atoms with E-state index in [0.717, 1.165) is 11.1 Å². The lowest BCUT2D eigenvalue weighted by molar-refractivity contribution is -0.158. The van der Waals surface area contributed by atoms with Gasteiger partial charge in [0, 0.05) is 18.5 Å². The van der Waals surface area contributed by atoms with E-state index in [1.54, 1.807) is 19.1 Å². The van der Waals surface area contributed by atoms with Crippen molar-refractivity contribution in [1.82, 2.24) is 9.62 Å². The van der Waals surface area contributed by atoms with Crippen molar-refractivity contribution in [3.63, 3.8) is 0 Å². The first kappa shape index (κ1) is 32.1. The van der Waals surface area contributed by atoms with Gasteiger partial charge in [0.2, 0.25) is 15.9 Å². The molecule has 5 N–H and O–H groups in total. The van der Waals surface area contributed by atoms with Gasteiger partial charge in [0.05, 0.1) is 11.5 Å². The highest BCUT2D eigenvalue weighted by Gasteiger charge is 2.39. The van der Waals surface area contributed by atoms with Crippen molar-refractivity contribution in [2.24, 2.45) is 22.4 Å². The molecule has 1 fully saturated rings. The first-order valence-electron chi connectivity index (χ1n) is 14.1. The summed E-state index contributed by atoms with van der Waals surface area (Å²) in [6.07, 6.45) is 1.65. The minimum atomic E-state index is -4.12. The quantitative estimate of drug-likeness (QED) is 0.150. The highest BCUT2D eigenvalue weighted by Crippen LogP contribution is 2.32. The molecule has 224 valence electrons. The Kier molecular flexibility index (Phi) is 10.9. The van der Waals surface area contributed by atoms with Gasteiger partial charge in [-0.1, -0.05) is 63.2 Å². The molecule has 1 saturated heterocycles. The molecule has 0 aromatic heterocycles. The van der Waals surface area contributed by atoms with Gasteiger partial charge in [-0.2, -0.15) is 4.72 Å². The molecule has 0 radical (unpaired) electrons. The normalized spacial score (nSPS) is 18.4. The third kappa shape index (κ3) is 8.29. The number of hydrogen-bond donors (Lipinski definition) is 3. The number of ether oxygens (including phenoxy) is 1. The van der Waals surface area contributed by atoms with E-state index in [-0.39, 0.29) is 36.3 Å². The predicted octanol–water partition coefficient (Wildman–Crippen LogP) is 2.90. The molecule has 0 spiro atoms. The van der Waals surface area contributed by atoms with E-state index in [4.69, 9.17) is 16.2 Å². The number of guanidine groups is 1. The van der Waals surface area contributed by atoms with Gasteiger partial charge in [0.25, 0.3) is 0 Å². The molecular weight excluding hydrogens is 542 g/mol. The maximum atomic E-state index is 13.9. The molecule has 2 aromatic carbocycles. The number of rotatable bonds is 12. The second kappa shape index (κ2) is 14.0. The molecule has 1 aliphatic heterocycles. The Hall–Kier alpha value is -3.44. The Morgan fingerprint density at radius 3 is 2.46 bits per heavy atom. The summed E-state index contributed by atoms with van der Waals surface area (Å²) in [4.78, 5) is 32.1. The van der Waals surface area contributed by atoms with Gasteiger partial charge in [-0.05, 0) is 61.8 Å². The van der Waals surface area contributed by atoms with Crippen LogP contribution in [0.1, 0.15) is 64.5 Å². The smallest absolute Gasteiger partial charge is 0.328 e. The van der Waals surface area contributed by atoms with Gasteiger partial charge in [-0.3, -0.25) is 9.79 Å². The number of amides is 1. The fraction of sp³-hybridized carbons (Fsp3) is 0.500. The standard InChI is InChI=1S/C30H43N5O5S/c1-5-40-28(37)26-19-21(2)16-18-35(26)27(36)25(15-10-17-33-29(31)32)34-41(38,39)24-14-9-13-23(20-24)30(3,4)22-11-7-6-8-12-22/h6-9,11-14,20-21,25-26,34H,5,10,15-19H2,1-4H3,(H4,31,32,33)/t21-,25+,26-/m1/s1. The average Bonchev–Trinajstić information content (AvgIpc) is 2.94. The number of likely N-dealkylation sites (tertiary alicyclic amines) is 1. The van der Waals surface area contributed by atoms with Gasteiger partial charge in [0.1, 0.15) is 12.1 Å². The Morgan fingerprint density at radius 2 is 1.80 bits per heavy atom. The van der Waals surface area contributed by atoms with E-state index in [1.807, 2.05) is 57.2 Å². The number of benzene rings is 2. The molecular formula is C30H43N5O5S. The fourth-order valence-corrected chi connectivity index (χ4v) is 6.40. The molecule has 1 heterocycles. The molecule has 0 unspecified atom stereocenters. The number of carbonyl (C=O) groups is 2. The van der Waals surface area contributed by atoms with Crippen molar-refractivity contribution in [3.05, 3.63) is 65.7 Å². The van der Waals surface area contributed by atoms with Crippen LogP contribution in [0.3, 0.4) is 0 Å². The van der Waals surface area contributed by atoms with Crippen molar-refractivity contribution >= 4 is 27.9 Å². The number of piperidine rings is 1. The Bertz CT molecular complexity index is 1330.